The summed E-state index contributed by atoms with van der Waals surface area (Å²) in [6, 6.07) is 25.0. The smallest absolute Gasteiger partial charge is 0.530 e. The second kappa shape index (κ2) is 7.73. The lowest BCUT2D eigenvalue weighted by atomic mass is 9.79. The Morgan fingerprint density at radius 1 is 0.500 bits per heavy atom. The third-order valence-electron chi connectivity index (χ3n) is 3.50. The van der Waals surface area contributed by atoms with Gasteiger partial charge in [-0.25, -0.2) is 0 Å². The van der Waals surface area contributed by atoms with Gasteiger partial charge in [0.2, 0.25) is 0 Å². The van der Waals surface area contributed by atoms with Crippen LogP contribution < -0.4 is 20.2 Å². The zero-order valence-electron chi connectivity index (χ0n) is 12.9. The van der Waals surface area contributed by atoms with Crippen LogP contribution >= 0.6 is 0 Å². The molecule has 0 spiro atoms. The first-order valence-corrected chi connectivity index (χ1v) is 7.62. The molecule has 3 aromatic carbocycles. The standard InChI is InChI=1S/C18H16B2O4/c21-19(15-9-3-1-4-10-15)23-17-13-7-8-14-18(17)24-20(22)16-11-5-2-6-12-16/h1-14,21-22H. The Bertz CT molecular complexity index is 702. The Kier molecular flexibility index (Phi) is 5.21. The van der Waals surface area contributed by atoms with E-state index in [1.54, 1.807) is 48.5 Å². The van der Waals surface area contributed by atoms with Gasteiger partial charge in [0.25, 0.3) is 0 Å². The Morgan fingerprint density at radius 2 is 0.833 bits per heavy atom. The van der Waals surface area contributed by atoms with Gasteiger partial charge >= 0.3 is 14.2 Å². The second-order valence-electron chi connectivity index (χ2n) is 5.21. The fraction of sp³-hybridized carbons (Fsp3) is 0. The first-order chi connectivity index (χ1) is 11.7. The van der Waals surface area contributed by atoms with Crippen molar-refractivity contribution < 1.29 is 19.4 Å². The number of hydrogen-bond donors (Lipinski definition) is 2. The molecule has 4 nitrogen and oxygen atoms in total. The van der Waals surface area contributed by atoms with Crippen LogP contribution in [0.3, 0.4) is 0 Å². The highest BCUT2D eigenvalue weighted by Gasteiger charge is 2.23. The predicted octanol–water partition coefficient (Wildman–Crippen LogP) is 1.22. The van der Waals surface area contributed by atoms with Gasteiger partial charge in [0.05, 0.1) is 0 Å². The third kappa shape index (κ3) is 3.98. The largest absolute Gasteiger partial charge is 0.560 e. The van der Waals surface area contributed by atoms with Crippen LogP contribution in [0.25, 0.3) is 0 Å². The van der Waals surface area contributed by atoms with Gasteiger partial charge in [0.15, 0.2) is 0 Å². The van der Waals surface area contributed by atoms with Crippen LogP contribution in [0.1, 0.15) is 0 Å². The molecule has 3 rings (SSSR count). The lowest BCUT2D eigenvalue weighted by Crippen LogP contribution is -2.38. The van der Waals surface area contributed by atoms with Crippen molar-refractivity contribution in [1.29, 1.82) is 0 Å². The molecule has 0 unspecified atom stereocenters. The Labute approximate surface area is 141 Å². The van der Waals surface area contributed by atoms with Gasteiger partial charge in [-0.2, -0.15) is 0 Å². The van der Waals surface area contributed by atoms with Crippen molar-refractivity contribution >= 4 is 25.2 Å². The van der Waals surface area contributed by atoms with E-state index in [2.05, 4.69) is 0 Å². The van der Waals surface area contributed by atoms with Crippen LogP contribution in [-0.2, 0) is 0 Å². The molecule has 0 aromatic heterocycles. The summed E-state index contributed by atoms with van der Waals surface area (Å²) >= 11 is 0. The van der Waals surface area contributed by atoms with Gasteiger partial charge in [-0.05, 0) is 23.1 Å². The summed E-state index contributed by atoms with van der Waals surface area (Å²) in [5, 5.41) is 20.4. The van der Waals surface area contributed by atoms with Crippen molar-refractivity contribution in [1.82, 2.24) is 0 Å². The fourth-order valence-electron chi connectivity index (χ4n) is 2.26. The Balaban J connectivity index is 1.76. The molecule has 0 bridgehead atoms. The molecule has 0 saturated carbocycles. The van der Waals surface area contributed by atoms with Crippen molar-refractivity contribution in [3.05, 3.63) is 84.9 Å². The zero-order chi connectivity index (χ0) is 16.8. The molecule has 0 amide bonds. The molecular formula is C18H16B2O4. The van der Waals surface area contributed by atoms with Crippen molar-refractivity contribution in [2.45, 2.75) is 0 Å². The molecule has 0 fully saturated rings. The molecule has 3 aromatic rings. The van der Waals surface area contributed by atoms with Crippen LogP contribution in [0.2, 0.25) is 0 Å². The number of para-hydroxylation sites is 2. The Morgan fingerprint density at radius 3 is 1.21 bits per heavy atom. The molecule has 24 heavy (non-hydrogen) atoms. The van der Waals surface area contributed by atoms with Gasteiger partial charge in [-0.3, -0.25) is 0 Å². The van der Waals surface area contributed by atoms with Gasteiger partial charge in [0, 0.05) is 0 Å². The maximum Gasteiger partial charge on any atom is 0.560 e. The average molecular weight is 318 g/mol. The quantitative estimate of drug-likeness (QED) is 0.671. The van der Waals surface area contributed by atoms with Gasteiger partial charge in [0.1, 0.15) is 11.5 Å². The van der Waals surface area contributed by atoms with Gasteiger partial charge in [-0.15, -0.1) is 0 Å². The summed E-state index contributed by atoms with van der Waals surface area (Å²) in [5.41, 5.74) is 1.27. The number of rotatable bonds is 6. The maximum atomic E-state index is 10.2. The van der Waals surface area contributed by atoms with E-state index in [1.165, 1.54) is 0 Å². The lowest BCUT2D eigenvalue weighted by molar-refractivity contribution is 0.395. The molecule has 6 heteroatoms. The van der Waals surface area contributed by atoms with E-state index in [-0.39, 0.29) is 0 Å². The van der Waals surface area contributed by atoms with Crippen LogP contribution in [0.15, 0.2) is 84.9 Å². The fourth-order valence-corrected chi connectivity index (χ4v) is 2.26. The summed E-state index contributed by atoms with van der Waals surface area (Å²) < 4.78 is 11.2. The highest BCUT2D eigenvalue weighted by atomic mass is 16.6. The molecule has 0 aliphatic heterocycles. The van der Waals surface area contributed by atoms with E-state index in [1.807, 2.05) is 36.4 Å². The summed E-state index contributed by atoms with van der Waals surface area (Å²) in [7, 11) is -2.24. The predicted molar refractivity (Wildman–Crippen MR) is 95.8 cm³/mol. The van der Waals surface area contributed by atoms with Crippen LogP contribution in [0.4, 0.5) is 0 Å². The summed E-state index contributed by atoms with van der Waals surface area (Å²) in [6.45, 7) is 0. The van der Waals surface area contributed by atoms with Gasteiger partial charge < -0.3 is 19.4 Å². The summed E-state index contributed by atoms with van der Waals surface area (Å²) in [4.78, 5) is 0. The molecule has 0 aliphatic carbocycles. The molecule has 0 atom stereocenters. The van der Waals surface area contributed by atoms with E-state index in [0.29, 0.717) is 22.4 Å². The van der Waals surface area contributed by atoms with Gasteiger partial charge in [-0.1, -0.05) is 72.8 Å². The third-order valence-corrected chi connectivity index (χ3v) is 3.50. The summed E-state index contributed by atoms with van der Waals surface area (Å²) in [6.07, 6.45) is 0. The molecule has 118 valence electrons. The van der Waals surface area contributed by atoms with Crippen LogP contribution in [-0.4, -0.2) is 24.3 Å². The van der Waals surface area contributed by atoms with E-state index >= 15 is 0 Å². The molecule has 0 heterocycles. The molecule has 0 saturated heterocycles. The minimum Gasteiger partial charge on any atom is -0.530 e. The average Bonchev–Trinajstić information content (AvgIpc) is 2.64. The first kappa shape index (κ1) is 16.2. The molecular weight excluding hydrogens is 302 g/mol. The topological polar surface area (TPSA) is 58.9 Å². The van der Waals surface area contributed by atoms with E-state index in [9.17, 15) is 10.0 Å². The molecule has 2 N–H and O–H groups in total. The summed E-state index contributed by atoms with van der Waals surface area (Å²) in [5.74, 6) is 0.702. The normalized spacial score (nSPS) is 10.1. The van der Waals surface area contributed by atoms with E-state index in [4.69, 9.17) is 9.31 Å². The monoisotopic (exact) mass is 318 g/mol. The maximum absolute atomic E-state index is 10.2. The van der Waals surface area contributed by atoms with E-state index in [0.717, 1.165) is 0 Å². The molecule has 0 radical (unpaired) electrons. The SMILES string of the molecule is OB(Oc1ccccc1OB(O)c1ccccc1)c1ccccc1. The van der Waals surface area contributed by atoms with Crippen LogP contribution in [0, 0.1) is 0 Å². The van der Waals surface area contributed by atoms with Crippen molar-refractivity contribution in [3.8, 4) is 11.5 Å². The highest BCUT2D eigenvalue weighted by molar-refractivity contribution is 6.61. The minimum atomic E-state index is -1.12. The number of benzene rings is 3. The first-order valence-electron chi connectivity index (χ1n) is 7.62. The van der Waals surface area contributed by atoms with Crippen molar-refractivity contribution in [2.24, 2.45) is 0 Å². The van der Waals surface area contributed by atoms with Crippen molar-refractivity contribution in [2.75, 3.05) is 0 Å². The second-order valence-corrected chi connectivity index (χ2v) is 5.21. The zero-order valence-corrected chi connectivity index (χ0v) is 12.9. The van der Waals surface area contributed by atoms with E-state index < -0.39 is 14.2 Å². The number of hydrogen-bond acceptors (Lipinski definition) is 4. The van der Waals surface area contributed by atoms with Crippen LogP contribution in [0.5, 0.6) is 11.5 Å². The van der Waals surface area contributed by atoms with Crippen molar-refractivity contribution in [3.63, 3.8) is 0 Å². The highest BCUT2D eigenvalue weighted by Crippen LogP contribution is 2.27. The lowest BCUT2D eigenvalue weighted by Gasteiger charge is -2.16. The minimum absolute atomic E-state index is 0.351. The Hall–Kier alpha value is -2.69. The molecule has 0 aliphatic rings.